The number of nitrogens with one attached hydrogen (secondary N) is 1. The molecule has 1 aliphatic rings. The highest BCUT2D eigenvalue weighted by atomic mass is 35.5. The molecule has 1 amide bonds. The zero-order chi connectivity index (χ0) is 22.6. The average Bonchev–Trinajstić information content (AvgIpc) is 2.73. The first-order chi connectivity index (χ1) is 14.7. The Labute approximate surface area is 181 Å². The lowest BCUT2D eigenvalue weighted by Crippen LogP contribution is -2.47. The number of rotatable bonds is 5. The summed E-state index contributed by atoms with van der Waals surface area (Å²) in [4.78, 5) is 16.2. The van der Waals surface area contributed by atoms with Crippen LogP contribution in [0.1, 0.15) is 22.3 Å². The van der Waals surface area contributed by atoms with E-state index in [1.807, 2.05) is 4.90 Å². The van der Waals surface area contributed by atoms with E-state index in [1.54, 1.807) is 29.2 Å². The fourth-order valence-electron chi connectivity index (χ4n) is 3.33. The molecule has 1 aliphatic heterocycles. The van der Waals surface area contributed by atoms with Gasteiger partial charge in [-0.15, -0.1) is 0 Å². The van der Waals surface area contributed by atoms with Crippen LogP contribution in [0.3, 0.4) is 0 Å². The van der Waals surface area contributed by atoms with Gasteiger partial charge in [0.2, 0.25) is 0 Å². The number of nitrogens with zero attached hydrogens (tertiary/aromatic N) is 3. The Morgan fingerprint density at radius 1 is 1.13 bits per heavy atom. The molecule has 5 nitrogen and oxygen atoms in total. The number of anilines is 2. The van der Waals surface area contributed by atoms with Crippen LogP contribution < -0.4 is 10.2 Å². The molecule has 0 atom stereocenters. The van der Waals surface area contributed by atoms with E-state index in [4.69, 9.17) is 16.9 Å². The topological polar surface area (TPSA) is 59.4 Å². The number of benzene rings is 2. The SMILES string of the molecule is N#Cc1ccc(C(=O)Nc2ccc(Cl)cc2N2CCN(CCC(F)(F)F)CC2)c(F)c1. The van der Waals surface area contributed by atoms with E-state index in [1.165, 1.54) is 12.1 Å². The number of hydrogen-bond acceptors (Lipinski definition) is 4. The van der Waals surface area contributed by atoms with Crippen molar-refractivity contribution >= 4 is 28.9 Å². The van der Waals surface area contributed by atoms with Crippen molar-refractivity contribution < 1.29 is 22.4 Å². The predicted molar refractivity (Wildman–Crippen MR) is 110 cm³/mol. The molecule has 1 fully saturated rings. The fourth-order valence-corrected chi connectivity index (χ4v) is 3.49. The number of carbonyl (C=O) groups excluding carboxylic acids is 1. The van der Waals surface area contributed by atoms with Crippen LogP contribution in [0.2, 0.25) is 5.02 Å². The normalized spacial score (nSPS) is 14.9. The molecule has 0 saturated carbocycles. The van der Waals surface area contributed by atoms with Gasteiger partial charge in [0, 0.05) is 37.7 Å². The average molecular weight is 455 g/mol. The molecule has 1 N–H and O–H groups in total. The standard InChI is InChI=1S/C21H19ClF4N4O/c22-15-2-4-18(28-20(31)16-3-1-14(13-27)11-17(16)23)19(12-15)30-9-7-29(8-10-30)6-5-21(24,25)26/h1-4,11-12H,5-10H2,(H,28,31). The summed E-state index contributed by atoms with van der Waals surface area (Å²) in [5.41, 5.74) is 0.897. The zero-order valence-corrected chi connectivity index (χ0v) is 17.1. The molecule has 0 aliphatic carbocycles. The maximum Gasteiger partial charge on any atom is 0.390 e. The van der Waals surface area contributed by atoms with Crippen molar-refractivity contribution in [3.63, 3.8) is 0 Å². The van der Waals surface area contributed by atoms with Crippen molar-refractivity contribution in [2.45, 2.75) is 12.6 Å². The highest BCUT2D eigenvalue weighted by molar-refractivity contribution is 6.31. The number of carbonyl (C=O) groups is 1. The van der Waals surface area contributed by atoms with E-state index in [0.29, 0.717) is 42.6 Å². The van der Waals surface area contributed by atoms with Gasteiger partial charge in [0.1, 0.15) is 5.82 Å². The van der Waals surface area contributed by atoms with Crippen molar-refractivity contribution in [1.82, 2.24) is 4.90 Å². The molecule has 2 aromatic rings. The third kappa shape index (κ3) is 6.09. The van der Waals surface area contributed by atoms with Gasteiger partial charge in [-0.25, -0.2) is 4.39 Å². The maximum absolute atomic E-state index is 14.2. The van der Waals surface area contributed by atoms with Crippen LogP contribution in [0.5, 0.6) is 0 Å². The van der Waals surface area contributed by atoms with Crippen molar-refractivity contribution in [2.24, 2.45) is 0 Å². The van der Waals surface area contributed by atoms with Gasteiger partial charge in [0.25, 0.3) is 5.91 Å². The lowest BCUT2D eigenvalue weighted by Gasteiger charge is -2.37. The fraction of sp³-hybridized carbons (Fsp3) is 0.333. The number of nitriles is 1. The van der Waals surface area contributed by atoms with Crippen LogP contribution in [0.4, 0.5) is 28.9 Å². The van der Waals surface area contributed by atoms with Gasteiger partial charge in [-0.1, -0.05) is 11.6 Å². The van der Waals surface area contributed by atoms with Crippen molar-refractivity contribution in [3.05, 3.63) is 58.4 Å². The molecule has 3 rings (SSSR count). The highest BCUT2D eigenvalue weighted by Gasteiger charge is 2.29. The number of amides is 1. The second-order valence-corrected chi connectivity index (χ2v) is 7.55. The van der Waals surface area contributed by atoms with Gasteiger partial charge in [-0.05, 0) is 36.4 Å². The number of halogens is 5. The quantitative estimate of drug-likeness (QED) is 0.667. The minimum atomic E-state index is -4.19. The van der Waals surface area contributed by atoms with Crippen molar-refractivity contribution in [1.29, 1.82) is 5.26 Å². The van der Waals surface area contributed by atoms with Gasteiger partial charge in [-0.2, -0.15) is 18.4 Å². The minimum absolute atomic E-state index is 0.0611. The molecular formula is C21H19ClF4N4O. The van der Waals surface area contributed by atoms with Crippen LogP contribution >= 0.6 is 11.6 Å². The number of piperazine rings is 1. The number of alkyl halides is 3. The second-order valence-electron chi connectivity index (χ2n) is 7.12. The first kappa shape index (κ1) is 22.8. The molecule has 0 aromatic heterocycles. The molecule has 1 saturated heterocycles. The lowest BCUT2D eigenvalue weighted by atomic mass is 10.1. The van der Waals surface area contributed by atoms with Crippen LogP contribution in [0.15, 0.2) is 36.4 Å². The predicted octanol–water partition coefficient (Wildman–Crippen LogP) is 4.68. The van der Waals surface area contributed by atoms with E-state index < -0.39 is 24.3 Å². The molecule has 0 spiro atoms. The number of hydrogen-bond donors (Lipinski definition) is 1. The van der Waals surface area contributed by atoms with Gasteiger partial charge < -0.3 is 10.2 Å². The maximum atomic E-state index is 14.2. The molecule has 164 valence electrons. The first-order valence-corrected chi connectivity index (χ1v) is 9.88. The molecule has 0 bridgehead atoms. The Balaban J connectivity index is 1.72. The summed E-state index contributed by atoms with van der Waals surface area (Å²) in [6.45, 7) is 1.70. The van der Waals surface area contributed by atoms with E-state index in [9.17, 15) is 22.4 Å². The first-order valence-electron chi connectivity index (χ1n) is 9.51. The Bertz CT molecular complexity index is 998. The monoisotopic (exact) mass is 454 g/mol. The van der Waals surface area contributed by atoms with Crippen LogP contribution in [0, 0.1) is 17.1 Å². The van der Waals surface area contributed by atoms with E-state index in [0.717, 1.165) is 6.07 Å². The van der Waals surface area contributed by atoms with Crippen LogP contribution in [0.25, 0.3) is 0 Å². The van der Waals surface area contributed by atoms with Crippen molar-refractivity contribution in [3.8, 4) is 6.07 Å². The largest absolute Gasteiger partial charge is 0.390 e. The van der Waals surface area contributed by atoms with E-state index in [-0.39, 0.29) is 17.7 Å². The summed E-state index contributed by atoms with van der Waals surface area (Å²) in [5.74, 6) is -1.50. The molecule has 2 aromatic carbocycles. The molecule has 10 heteroatoms. The summed E-state index contributed by atoms with van der Waals surface area (Å²) in [5, 5.41) is 11.9. The zero-order valence-electron chi connectivity index (χ0n) is 16.3. The summed E-state index contributed by atoms with van der Waals surface area (Å²) < 4.78 is 51.5. The molecule has 0 unspecified atom stereocenters. The summed E-state index contributed by atoms with van der Waals surface area (Å²) in [6, 6.07) is 10.2. The molecular weight excluding hydrogens is 436 g/mol. The van der Waals surface area contributed by atoms with Crippen LogP contribution in [-0.4, -0.2) is 49.7 Å². The summed E-state index contributed by atoms with van der Waals surface area (Å²) >= 11 is 6.11. The second kappa shape index (κ2) is 9.54. The molecule has 1 heterocycles. The van der Waals surface area contributed by atoms with Crippen LogP contribution in [-0.2, 0) is 0 Å². The van der Waals surface area contributed by atoms with Crippen molar-refractivity contribution in [2.75, 3.05) is 42.9 Å². The van der Waals surface area contributed by atoms with E-state index in [2.05, 4.69) is 5.32 Å². The van der Waals surface area contributed by atoms with Gasteiger partial charge in [-0.3, -0.25) is 9.69 Å². The third-order valence-corrected chi connectivity index (χ3v) is 5.21. The lowest BCUT2D eigenvalue weighted by molar-refractivity contribution is -0.138. The van der Waals surface area contributed by atoms with Gasteiger partial charge in [0.05, 0.1) is 35.0 Å². The smallest absolute Gasteiger partial charge is 0.367 e. The Hall–Kier alpha value is -2.83. The summed E-state index contributed by atoms with van der Waals surface area (Å²) in [6.07, 6.45) is -5.05. The Kier molecular flexibility index (Phi) is 7.03. The molecule has 0 radical (unpaired) electrons. The molecule has 31 heavy (non-hydrogen) atoms. The minimum Gasteiger partial charge on any atom is -0.367 e. The summed E-state index contributed by atoms with van der Waals surface area (Å²) in [7, 11) is 0. The van der Waals surface area contributed by atoms with E-state index >= 15 is 0 Å². The Morgan fingerprint density at radius 2 is 1.84 bits per heavy atom. The third-order valence-electron chi connectivity index (χ3n) is 4.98. The Morgan fingerprint density at radius 3 is 2.45 bits per heavy atom. The van der Waals surface area contributed by atoms with Gasteiger partial charge in [0.15, 0.2) is 0 Å². The highest BCUT2D eigenvalue weighted by Crippen LogP contribution is 2.31. The van der Waals surface area contributed by atoms with Gasteiger partial charge >= 0.3 is 6.18 Å².